The molecule has 0 atom stereocenters. The fourth-order valence-electron chi connectivity index (χ4n) is 1.68. The van der Waals surface area contributed by atoms with Crippen LogP contribution in [-0.4, -0.2) is 14.9 Å². The molecule has 0 bridgehead atoms. The Morgan fingerprint density at radius 1 is 1.22 bits per heavy atom. The number of hydrogen-bond donors (Lipinski definition) is 0. The van der Waals surface area contributed by atoms with Crippen molar-refractivity contribution in [3.8, 4) is 17.0 Å². The fraction of sp³-hybridized carbons (Fsp3) is 0.0769. The minimum absolute atomic E-state index is 0.344. The number of rotatable bonds is 3. The van der Waals surface area contributed by atoms with E-state index in [1.165, 1.54) is 0 Å². The topological polar surface area (TPSA) is 43.9 Å². The first-order valence-corrected chi connectivity index (χ1v) is 6.02. The van der Waals surface area contributed by atoms with Crippen molar-refractivity contribution in [1.29, 1.82) is 0 Å². The van der Waals surface area contributed by atoms with Gasteiger partial charge in [0.15, 0.2) is 5.76 Å². The predicted octanol–water partition coefficient (Wildman–Crippen LogP) is 3.27. The summed E-state index contributed by atoms with van der Waals surface area (Å²) < 4.78 is 6.99. The summed E-state index contributed by atoms with van der Waals surface area (Å²) in [5.74, 6) is 1.02. The van der Waals surface area contributed by atoms with Crippen molar-refractivity contribution in [2.45, 2.75) is 5.88 Å². The van der Waals surface area contributed by atoms with Gasteiger partial charge in [-0.1, -0.05) is 23.4 Å². The monoisotopic (exact) mass is 259 g/mol. The van der Waals surface area contributed by atoms with E-state index in [4.69, 9.17) is 16.1 Å². The van der Waals surface area contributed by atoms with E-state index in [0.29, 0.717) is 11.6 Å². The zero-order valence-corrected chi connectivity index (χ0v) is 10.2. The van der Waals surface area contributed by atoms with Crippen LogP contribution in [0.15, 0.2) is 53.3 Å². The molecule has 0 fully saturated rings. The Morgan fingerprint density at radius 2 is 2.06 bits per heavy atom. The van der Waals surface area contributed by atoms with Crippen LogP contribution in [0.5, 0.6) is 0 Å². The molecular formula is C13H10ClN3O. The van der Waals surface area contributed by atoms with Gasteiger partial charge in [0, 0.05) is 12.3 Å². The maximum absolute atomic E-state index is 5.69. The molecule has 0 amide bonds. The van der Waals surface area contributed by atoms with Gasteiger partial charge in [-0.25, -0.2) is 4.68 Å². The highest BCUT2D eigenvalue weighted by atomic mass is 35.5. The Morgan fingerprint density at radius 3 is 2.78 bits per heavy atom. The Balaban J connectivity index is 1.94. The number of alkyl halides is 1. The van der Waals surface area contributed by atoms with Gasteiger partial charge < -0.3 is 4.52 Å². The van der Waals surface area contributed by atoms with Crippen molar-refractivity contribution >= 4 is 11.6 Å². The summed E-state index contributed by atoms with van der Waals surface area (Å²) in [5.41, 5.74) is 2.60. The van der Waals surface area contributed by atoms with Crippen molar-refractivity contribution in [1.82, 2.24) is 14.9 Å². The van der Waals surface area contributed by atoms with Gasteiger partial charge >= 0.3 is 0 Å². The van der Waals surface area contributed by atoms with Crippen molar-refractivity contribution in [2.24, 2.45) is 0 Å². The molecular weight excluding hydrogens is 250 g/mol. The van der Waals surface area contributed by atoms with Gasteiger partial charge in [-0.05, 0) is 12.1 Å². The van der Waals surface area contributed by atoms with Crippen molar-refractivity contribution in [3.05, 3.63) is 54.5 Å². The van der Waals surface area contributed by atoms with Gasteiger partial charge in [-0.2, -0.15) is 5.10 Å². The molecule has 0 aliphatic rings. The third-order valence-electron chi connectivity index (χ3n) is 2.58. The van der Waals surface area contributed by atoms with Crippen LogP contribution in [-0.2, 0) is 5.88 Å². The largest absolute Gasteiger partial charge is 0.356 e. The van der Waals surface area contributed by atoms with E-state index in [9.17, 15) is 0 Å². The highest BCUT2D eigenvalue weighted by Gasteiger charge is 2.09. The van der Waals surface area contributed by atoms with Gasteiger partial charge in [-0.3, -0.25) is 0 Å². The van der Waals surface area contributed by atoms with E-state index in [1.807, 2.05) is 42.6 Å². The van der Waals surface area contributed by atoms with E-state index in [1.54, 1.807) is 10.9 Å². The van der Waals surface area contributed by atoms with E-state index in [-0.39, 0.29) is 0 Å². The highest BCUT2D eigenvalue weighted by molar-refractivity contribution is 6.16. The van der Waals surface area contributed by atoms with Crippen LogP contribution >= 0.6 is 11.6 Å². The molecule has 1 aromatic carbocycles. The SMILES string of the molecule is ClCc1cc(-c2cnn(-c3ccccc3)c2)on1. The second-order valence-electron chi connectivity index (χ2n) is 3.83. The molecule has 18 heavy (non-hydrogen) atoms. The number of para-hydroxylation sites is 1. The summed E-state index contributed by atoms with van der Waals surface area (Å²) in [6.45, 7) is 0. The molecule has 3 aromatic rings. The summed E-state index contributed by atoms with van der Waals surface area (Å²) in [4.78, 5) is 0. The van der Waals surface area contributed by atoms with E-state index in [0.717, 1.165) is 16.9 Å². The third kappa shape index (κ3) is 2.02. The molecule has 0 saturated carbocycles. The van der Waals surface area contributed by atoms with Gasteiger partial charge in [0.05, 0.1) is 29.0 Å². The molecule has 4 nitrogen and oxygen atoms in total. The zero-order chi connectivity index (χ0) is 12.4. The van der Waals surface area contributed by atoms with Gasteiger partial charge in [0.25, 0.3) is 0 Å². The van der Waals surface area contributed by atoms with Crippen molar-refractivity contribution < 1.29 is 4.52 Å². The summed E-state index contributed by atoms with van der Waals surface area (Å²) in [5, 5.41) is 8.14. The molecule has 5 heteroatoms. The number of nitrogens with zero attached hydrogens (tertiary/aromatic N) is 3. The molecule has 2 aromatic heterocycles. The Bertz CT molecular complexity index is 645. The van der Waals surface area contributed by atoms with Gasteiger partial charge in [0.2, 0.25) is 0 Å². The lowest BCUT2D eigenvalue weighted by Gasteiger charge is -1.98. The smallest absolute Gasteiger partial charge is 0.170 e. The van der Waals surface area contributed by atoms with E-state index >= 15 is 0 Å². The average Bonchev–Trinajstić information content (AvgIpc) is 3.08. The quantitative estimate of drug-likeness (QED) is 0.678. The van der Waals surface area contributed by atoms with Crippen LogP contribution < -0.4 is 0 Å². The van der Waals surface area contributed by atoms with Crippen molar-refractivity contribution in [3.63, 3.8) is 0 Å². The fourth-order valence-corrected chi connectivity index (χ4v) is 1.81. The molecule has 2 heterocycles. The highest BCUT2D eigenvalue weighted by Crippen LogP contribution is 2.21. The lowest BCUT2D eigenvalue weighted by molar-refractivity contribution is 0.426. The van der Waals surface area contributed by atoms with Crippen LogP contribution in [0.1, 0.15) is 5.69 Å². The second kappa shape index (κ2) is 4.66. The number of halogens is 1. The first kappa shape index (κ1) is 11.0. The zero-order valence-electron chi connectivity index (χ0n) is 9.45. The number of hydrogen-bond acceptors (Lipinski definition) is 3. The van der Waals surface area contributed by atoms with Crippen LogP contribution in [0.3, 0.4) is 0 Å². The summed E-state index contributed by atoms with van der Waals surface area (Å²) in [7, 11) is 0. The summed E-state index contributed by atoms with van der Waals surface area (Å²) in [6, 6.07) is 11.7. The molecule has 0 spiro atoms. The maximum Gasteiger partial charge on any atom is 0.170 e. The minimum atomic E-state index is 0.344. The molecule has 0 unspecified atom stereocenters. The van der Waals surface area contributed by atoms with Crippen LogP contribution in [0, 0.1) is 0 Å². The third-order valence-corrected chi connectivity index (χ3v) is 2.86. The average molecular weight is 260 g/mol. The molecule has 0 aliphatic heterocycles. The molecule has 0 aliphatic carbocycles. The molecule has 3 rings (SSSR count). The normalized spacial score (nSPS) is 10.7. The van der Waals surface area contributed by atoms with Gasteiger partial charge in [0.1, 0.15) is 0 Å². The maximum atomic E-state index is 5.69. The predicted molar refractivity (Wildman–Crippen MR) is 68.6 cm³/mol. The first-order chi connectivity index (χ1) is 8.86. The van der Waals surface area contributed by atoms with E-state index < -0.39 is 0 Å². The molecule has 90 valence electrons. The van der Waals surface area contributed by atoms with E-state index in [2.05, 4.69) is 10.3 Å². The van der Waals surface area contributed by atoms with Crippen molar-refractivity contribution in [2.75, 3.05) is 0 Å². The second-order valence-corrected chi connectivity index (χ2v) is 4.09. The van der Waals surface area contributed by atoms with Crippen LogP contribution in [0.2, 0.25) is 0 Å². The lowest BCUT2D eigenvalue weighted by Crippen LogP contribution is -1.92. The van der Waals surface area contributed by atoms with Crippen LogP contribution in [0.25, 0.3) is 17.0 Å². The minimum Gasteiger partial charge on any atom is -0.356 e. The molecule has 0 radical (unpaired) electrons. The Kier molecular flexibility index (Phi) is 2.86. The summed E-state index contributed by atoms with van der Waals surface area (Å²) >= 11 is 5.69. The lowest BCUT2D eigenvalue weighted by atomic mass is 10.2. The molecule has 0 saturated heterocycles. The molecule has 0 N–H and O–H groups in total. The first-order valence-electron chi connectivity index (χ1n) is 5.49. The standard InChI is InChI=1S/C13H10ClN3O/c14-7-11-6-13(18-16-11)10-8-15-17(9-10)12-4-2-1-3-5-12/h1-6,8-9H,7H2. The number of aromatic nitrogens is 3. The Hall–Kier alpha value is -2.07. The Labute approximate surface area is 109 Å². The van der Waals surface area contributed by atoms with Crippen LogP contribution in [0.4, 0.5) is 0 Å². The summed E-state index contributed by atoms with van der Waals surface area (Å²) in [6.07, 6.45) is 3.64. The number of benzene rings is 1. The van der Waals surface area contributed by atoms with Gasteiger partial charge in [-0.15, -0.1) is 11.6 Å².